The van der Waals surface area contributed by atoms with Gasteiger partial charge in [0.1, 0.15) is 17.5 Å². The molecule has 0 saturated heterocycles. The van der Waals surface area contributed by atoms with Gasteiger partial charge in [-0.3, -0.25) is 4.79 Å². The molecular weight excluding hydrogens is 305 g/mol. The van der Waals surface area contributed by atoms with Gasteiger partial charge in [0.2, 0.25) is 5.91 Å². The third-order valence-corrected chi connectivity index (χ3v) is 3.67. The zero-order valence-electron chi connectivity index (χ0n) is 11.9. The number of anilines is 2. The summed E-state index contributed by atoms with van der Waals surface area (Å²) in [6, 6.07) is 7.21. The average Bonchev–Trinajstić information content (AvgIpc) is 2.45. The maximum atomic E-state index is 12.9. The number of nitrogens with one attached hydrogen (secondary N) is 1. The Morgan fingerprint density at radius 1 is 1.27 bits per heavy atom. The molecule has 1 aromatic heterocycles. The number of carbonyl (C=O) groups is 1. The smallest absolute Gasteiger partial charge is 0.230 e. The summed E-state index contributed by atoms with van der Waals surface area (Å²) in [5, 5.41) is 3.16. The van der Waals surface area contributed by atoms with Gasteiger partial charge < -0.3 is 16.8 Å². The minimum atomic E-state index is -0.311. The minimum absolute atomic E-state index is 0.133. The Morgan fingerprint density at radius 3 is 2.45 bits per heavy atom. The van der Waals surface area contributed by atoms with Crippen molar-refractivity contribution in [1.29, 1.82) is 0 Å². The van der Waals surface area contributed by atoms with Crippen LogP contribution in [0.15, 0.2) is 35.5 Å². The molecule has 0 spiro atoms. The number of amides is 1. The Morgan fingerprint density at radius 2 is 1.86 bits per heavy atom. The molecule has 5 N–H and O–H groups in total. The highest BCUT2D eigenvalue weighted by atomic mass is 32.2. The fourth-order valence-electron chi connectivity index (χ4n) is 1.77. The number of rotatable bonds is 5. The van der Waals surface area contributed by atoms with Gasteiger partial charge in [-0.15, -0.1) is 0 Å². The Balaban J connectivity index is 1.88. The number of nitrogens with two attached hydrogens (primary N) is 2. The minimum Gasteiger partial charge on any atom is -0.383 e. The summed E-state index contributed by atoms with van der Waals surface area (Å²) in [4.78, 5) is 19.9. The fraction of sp³-hybridized carbons (Fsp3) is 0.214. The van der Waals surface area contributed by atoms with E-state index in [0.717, 1.165) is 17.3 Å². The van der Waals surface area contributed by atoms with Crippen LogP contribution in [0.5, 0.6) is 0 Å². The van der Waals surface area contributed by atoms with Crippen LogP contribution in [-0.2, 0) is 4.79 Å². The van der Waals surface area contributed by atoms with E-state index in [-0.39, 0.29) is 35.2 Å². The number of hydrogen-bond acceptors (Lipinski definition) is 6. The van der Waals surface area contributed by atoms with E-state index in [9.17, 15) is 9.18 Å². The van der Waals surface area contributed by atoms with Gasteiger partial charge in [0.15, 0.2) is 5.16 Å². The molecule has 8 heteroatoms. The van der Waals surface area contributed by atoms with E-state index in [1.54, 1.807) is 12.1 Å². The number of carbonyl (C=O) groups excluding carboxylic acids is 1. The first kappa shape index (κ1) is 16.0. The molecule has 116 valence electrons. The summed E-state index contributed by atoms with van der Waals surface area (Å²) in [6.45, 7) is 1.82. The number of nitrogen functional groups attached to an aromatic ring is 2. The van der Waals surface area contributed by atoms with Crippen LogP contribution in [0.25, 0.3) is 0 Å². The maximum Gasteiger partial charge on any atom is 0.230 e. The van der Waals surface area contributed by atoms with Crippen molar-refractivity contribution in [2.24, 2.45) is 0 Å². The SMILES string of the molecule is CC(NC(=O)CSc1nc(N)cc(N)n1)c1ccc(F)cc1. The second-order valence-electron chi connectivity index (χ2n) is 4.63. The topological polar surface area (TPSA) is 107 Å². The second kappa shape index (κ2) is 7.08. The van der Waals surface area contributed by atoms with Crippen molar-refractivity contribution in [2.75, 3.05) is 17.2 Å². The van der Waals surface area contributed by atoms with Crippen LogP contribution in [0.2, 0.25) is 0 Å². The predicted octanol–water partition coefficient (Wildman–Crippen LogP) is 1.75. The summed E-state index contributed by atoms with van der Waals surface area (Å²) in [6.07, 6.45) is 0. The number of halogens is 1. The first-order valence-corrected chi connectivity index (χ1v) is 7.50. The third-order valence-electron chi connectivity index (χ3n) is 2.83. The quantitative estimate of drug-likeness (QED) is 0.572. The molecule has 0 saturated carbocycles. The highest BCUT2D eigenvalue weighted by Crippen LogP contribution is 2.17. The normalized spacial score (nSPS) is 11.9. The van der Waals surface area contributed by atoms with E-state index >= 15 is 0 Å². The molecule has 1 heterocycles. The van der Waals surface area contributed by atoms with Crippen molar-refractivity contribution in [3.05, 3.63) is 41.7 Å². The highest BCUT2D eigenvalue weighted by Gasteiger charge is 2.11. The summed E-state index contributed by atoms with van der Waals surface area (Å²) in [5.74, 6) is 0.153. The van der Waals surface area contributed by atoms with Crippen LogP contribution in [0, 0.1) is 5.82 Å². The molecule has 1 unspecified atom stereocenters. The number of thioether (sulfide) groups is 1. The lowest BCUT2D eigenvalue weighted by Gasteiger charge is -2.14. The predicted molar refractivity (Wildman–Crippen MR) is 84.5 cm³/mol. The van der Waals surface area contributed by atoms with Gasteiger partial charge in [-0.25, -0.2) is 14.4 Å². The summed E-state index contributed by atoms with van der Waals surface area (Å²) < 4.78 is 12.9. The lowest BCUT2D eigenvalue weighted by molar-refractivity contribution is -0.119. The van der Waals surface area contributed by atoms with Gasteiger partial charge in [-0.05, 0) is 24.6 Å². The van der Waals surface area contributed by atoms with E-state index in [4.69, 9.17) is 11.5 Å². The molecule has 22 heavy (non-hydrogen) atoms. The molecule has 0 bridgehead atoms. The summed E-state index contributed by atoms with van der Waals surface area (Å²) in [5.41, 5.74) is 11.9. The van der Waals surface area contributed by atoms with Crippen molar-refractivity contribution in [3.63, 3.8) is 0 Å². The Hall–Kier alpha value is -2.35. The Bertz CT molecular complexity index is 645. The van der Waals surface area contributed by atoms with Crippen molar-refractivity contribution < 1.29 is 9.18 Å². The Labute approximate surface area is 131 Å². The summed E-state index contributed by atoms with van der Waals surface area (Å²) in [7, 11) is 0. The first-order chi connectivity index (χ1) is 10.4. The number of hydrogen-bond donors (Lipinski definition) is 3. The van der Waals surface area contributed by atoms with Crippen molar-refractivity contribution >= 4 is 29.3 Å². The summed E-state index contributed by atoms with van der Waals surface area (Å²) >= 11 is 1.14. The van der Waals surface area contributed by atoms with Gasteiger partial charge in [0.05, 0.1) is 11.8 Å². The Kier molecular flexibility index (Phi) is 5.16. The molecule has 1 aromatic carbocycles. The van der Waals surface area contributed by atoms with Gasteiger partial charge in [0.25, 0.3) is 0 Å². The zero-order valence-corrected chi connectivity index (χ0v) is 12.7. The molecular formula is C14H16FN5OS. The van der Waals surface area contributed by atoms with Crippen LogP contribution >= 0.6 is 11.8 Å². The molecule has 1 atom stereocenters. The largest absolute Gasteiger partial charge is 0.383 e. The van der Waals surface area contributed by atoms with E-state index in [2.05, 4.69) is 15.3 Å². The van der Waals surface area contributed by atoms with Gasteiger partial charge >= 0.3 is 0 Å². The van der Waals surface area contributed by atoms with Crippen LogP contribution < -0.4 is 16.8 Å². The van der Waals surface area contributed by atoms with Gasteiger partial charge in [-0.1, -0.05) is 23.9 Å². The molecule has 0 fully saturated rings. The fourth-order valence-corrected chi connectivity index (χ4v) is 2.46. The molecule has 1 amide bonds. The second-order valence-corrected chi connectivity index (χ2v) is 5.57. The average molecular weight is 321 g/mol. The molecule has 0 aliphatic heterocycles. The van der Waals surface area contributed by atoms with Crippen LogP contribution in [0.4, 0.5) is 16.0 Å². The number of benzene rings is 1. The van der Waals surface area contributed by atoms with Gasteiger partial charge in [-0.2, -0.15) is 0 Å². The van der Waals surface area contributed by atoms with E-state index in [0.29, 0.717) is 5.16 Å². The molecule has 2 rings (SSSR count). The maximum absolute atomic E-state index is 12.9. The van der Waals surface area contributed by atoms with E-state index < -0.39 is 0 Å². The first-order valence-electron chi connectivity index (χ1n) is 6.51. The van der Waals surface area contributed by atoms with Crippen molar-refractivity contribution in [2.45, 2.75) is 18.1 Å². The standard InChI is InChI=1S/C14H16FN5OS/c1-8(9-2-4-10(15)5-3-9)18-13(21)7-22-14-19-11(16)6-12(17)20-14/h2-6,8H,7H2,1H3,(H,18,21)(H4,16,17,19,20). The van der Waals surface area contributed by atoms with Crippen molar-refractivity contribution in [3.8, 4) is 0 Å². The number of nitrogens with zero attached hydrogens (tertiary/aromatic N) is 2. The van der Waals surface area contributed by atoms with Gasteiger partial charge in [0, 0.05) is 6.07 Å². The molecule has 6 nitrogen and oxygen atoms in total. The van der Waals surface area contributed by atoms with Crippen LogP contribution in [-0.4, -0.2) is 21.6 Å². The highest BCUT2D eigenvalue weighted by molar-refractivity contribution is 7.99. The van der Waals surface area contributed by atoms with Crippen LogP contribution in [0.3, 0.4) is 0 Å². The van der Waals surface area contributed by atoms with Crippen molar-refractivity contribution in [1.82, 2.24) is 15.3 Å². The third kappa shape index (κ3) is 4.59. The zero-order chi connectivity index (χ0) is 16.1. The molecule has 0 aliphatic rings. The lowest BCUT2D eigenvalue weighted by atomic mass is 10.1. The molecule has 0 aliphatic carbocycles. The lowest BCUT2D eigenvalue weighted by Crippen LogP contribution is -2.28. The van der Waals surface area contributed by atoms with E-state index in [1.807, 2.05) is 6.92 Å². The van der Waals surface area contributed by atoms with Crippen LogP contribution in [0.1, 0.15) is 18.5 Å². The number of aromatic nitrogens is 2. The molecule has 0 radical (unpaired) electrons. The van der Waals surface area contributed by atoms with E-state index in [1.165, 1.54) is 18.2 Å². The molecule has 2 aromatic rings. The monoisotopic (exact) mass is 321 g/mol.